The van der Waals surface area contributed by atoms with Crippen LogP contribution in [-0.4, -0.2) is 29.7 Å². The van der Waals surface area contributed by atoms with Crippen molar-refractivity contribution in [2.24, 2.45) is 5.92 Å². The van der Waals surface area contributed by atoms with Gasteiger partial charge in [-0.2, -0.15) is 12.8 Å². The highest BCUT2D eigenvalue weighted by Gasteiger charge is 2.26. The van der Waals surface area contributed by atoms with Gasteiger partial charge in [-0.15, -0.1) is 0 Å². The minimum absolute atomic E-state index is 0.000214. The van der Waals surface area contributed by atoms with Crippen LogP contribution in [0.2, 0.25) is 5.02 Å². The number of nitrogens with one attached hydrogen (secondary N) is 2. The van der Waals surface area contributed by atoms with Crippen molar-refractivity contribution in [3.8, 4) is 0 Å². The number of rotatable bonds is 6. The molecule has 1 saturated carbocycles. The van der Waals surface area contributed by atoms with E-state index in [0.29, 0.717) is 21.0 Å². The molecule has 2 N–H and O–H groups in total. The predicted octanol–water partition coefficient (Wildman–Crippen LogP) is 4.84. The third-order valence-corrected chi connectivity index (χ3v) is 8.01. The number of fused-ring (bicyclic) bond motifs is 1. The first-order valence-corrected chi connectivity index (χ1v) is 12.8. The zero-order valence-electron chi connectivity index (χ0n) is 17.0. The molecule has 1 aliphatic carbocycles. The van der Waals surface area contributed by atoms with Gasteiger partial charge in [-0.3, -0.25) is 9.52 Å². The molecular weight excluding hydrogens is 456 g/mol. The highest BCUT2D eigenvalue weighted by Crippen LogP contribution is 2.29. The summed E-state index contributed by atoms with van der Waals surface area (Å²) >= 11 is 7.30. The average Bonchev–Trinajstić information content (AvgIpc) is 3.23. The van der Waals surface area contributed by atoms with E-state index in [1.54, 1.807) is 12.1 Å². The van der Waals surface area contributed by atoms with Crippen LogP contribution in [-0.2, 0) is 10.0 Å². The number of carbonyl (C=O) groups excluding carboxylic acids is 1. The van der Waals surface area contributed by atoms with Crippen molar-refractivity contribution >= 4 is 54.8 Å². The molecule has 7 nitrogen and oxygen atoms in total. The van der Waals surface area contributed by atoms with Gasteiger partial charge in [0.15, 0.2) is 5.03 Å². The van der Waals surface area contributed by atoms with E-state index >= 15 is 0 Å². The van der Waals surface area contributed by atoms with Crippen LogP contribution in [0.5, 0.6) is 0 Å². The van der Waals surface area contributed by atoms with Gasteiger partial charge in [-0.25, -0.2) is 4.98 Å². The van der Waals surface area contributed by atoms with E-state index in [4.69, 9.17) is 11.6 Å². The maximum Gasteiger partial charge on any atom is 0.280 e. The number of benzene rings is 1. The summed E-state index contributed by atoms with van der Waals surface area (Å²) in [6.45, 7) is 2.00. The normalized spacial score (nSPS) is 16.2. The predicted molar refractivity (Wildman–Crippen MR) is 123 cm³/mol. The standard InChI is InChI=1S/C21H23ClN4O3S2/c1-13(14-5-3-2-4-6-14)25-20(27)16-8-7-15(22)11-18(16)26-31(28,29)21-17-12-24-30-19(17)9-10-23-21/h7-14,26H,2-6H2,1H3,(H,25,27)/t13-/m1/s1. The van der Waals surface area contributed by atoms with Crippen LogP contribution in [0.4, 0.5) is 5.69 Å². The first kappa shape index (κ1) is 22.0. The van der Waals surface area contributed by atoms with Crippen molar-refractivity contribution < 1.29 is 13.2 Å². The second-order valence-corrected chi connectivity index (χ2v) is 10.7. The van der Waals surface area contributed by atoms with E-state index in [2.05, 4.69) is 19.4 Å². The molecule has 3 aromatic rings. The number of pyridine rings is 1. The first-order valence-electron chi connectivity index (χ1n) is 10.2. The Morgan fingerprint density at radius 1 is 1.23 bits per heavy atom. The molecule has 31 heavy (non-hydrogen) atoms. The fourth-order valence-electron chi connectivity index (χ4n) is 4.01. The fourth-order valence-corrected chi connectivity index (χ4v) is 6.10. The fraction of sp³-hybridized carbons (Fsp3) is 0.381. The highest BCUT2D eigenvalue weighted by molar-refractivity contribution is 7.92. The smallest absolute Gasteiger partial charge is 0.280 e. The van der Waals surface area contributed by atoms with Gasteiger partial charge in [0.2, 0.25) is 0 Å². The van der Waals surface area contributed by atoms with E-state index in [1.165, 1.54) is 55.3 Å². The molecule has 0 radical (unpaired) electrons. The average molecular weight is 479 g/mol. The minimum Gasteiger partial charge on any atom is -0.349 e. The Kier molecular flexibility index (Phi) is 6.45. The maximum atomic E-state index is 13.1. The summed E-state index contributed by atoms with van der Waals surface area (Å²) < 4.78 is 33.4. The molecule has 2 aromatic heterocycles. The van der Waals surface area contributed by atoms with Gasteiger partial charge in [0, 0.05) is 17.3 Å². The Morgan fingerprint density at radius 3 is 2.77 bits per heavy atom. The number of sulfonamides is 1. The van der Waals surface area contributed by atoms with E-state index in [1.807, 2.05) is 6.92 Å². The number of hydrogen-bond donors (Lipinski definition) is 2. The molecule has 0 saturated heterocycles. The van der Waals surface area contributed by atoms with E-state index < -0.39 is 10.0 Å². The van der Waals surface area contributed by atoms with Crippen molar-refractivity contribution in [2.75, 3.05) is 4.72 Å². The summed E-state index contributed by atoms with van der Waals surface area (Å²) in [5.41, 5.74) is 0.328. The molecule has 10 heteroatoms. The highest BCUT2D eigenvalue weighted by atomic mass is 35.5. The Hall–Kier alpha value is -2.23. The molecule has 164 valence electrons. The van der Waals surface area contributed by atoms with Crippen LogP contribution < -0.4 is 10.0 Å². The van der Waals surface area contributed by atoms with Crippen molar-refractivity contribution in [3.05, 3.63) is 47.2 Å². The summed E-state index contributed by atoms with van der Waals surface area (Å²) in [5.74, 6) is 0.0915. The Balaban J connectivity index is 1.61. The van der Waals surface area contributed by atoms with Crippen molar-refractivity contribution in [3.63, 3.8) is 0 Å². The third-order valence-electron chi connectivity index (χ3n) is 5.69. The van der Waals surface area contributed by atoms with E-state index in [-0.39, 0.29) is 28.2 Å². The molecule has 1 amide bonds. The summed E-state index contributed by atoms with van der Waals surface area (Å²) in [6.07, 6.45) is 8.66. The minimum atomic E-state index is -4.06. The van der Waals surface area contributed by atoms with E-state index in [0.717, 1.165) is 12.8 Å². The van der Waals surface area contributed by atoms with Crippen LogP contribution in [0.1, 0.15) is 49.4 Å². The molecule has 0 bridgehead atoms. The van der Waals surface area contributed by atoms with Gasteiger partial charge in [-0.1, -0.05) is 30.9 Å². The lowest BCUT2D eigenvalue weighted by molar-refractivity contribution is 0.0920. The van der Waals surface area contributed by atoms with E-state index in [9.17, 15) is 13.2 Å². The number of halogens is 1. The second kappa shape index (κ2) is 9.10. The molecular formula is C21H23ClN4O3S2. The molecule has 0 unspecified atom stereocenters. The number of aromatic nitrogens is 2. The Labute approximate surface area is 190 Å². The SMILES string of the molecule is C[C@@H](NC(=O)c1ccc(Cl)cc1NS(=O)(=O)c1nccc2sncc12)C1CCCCC1. The molecule has 0 spiro atoms. The summed E-state index contributed by atoms with van der Waals surface area (Å²) in [6, 6.07) is 6.24. The quantitative estimate of drug-likeness (QED) is 0.527. The lowest BCUT2D eigenvalue weighted by Crippen LogP contribution is -2.39. The van der Waals surface area contributed by atoms with Crippen molar-refractivity contribution in [2.45, 2.75) is 50.1 Å². The number of amides is 1. The lowest BCUT2D eigenvalue weighted by atomic mass is 9.84. The molecule has 2 heterocycles. The summed E-state index contributed by atoms with van der Waals surface area (Å²) in [5, 5.41) is 3.64. The van der Waals surface area contributed by atoms with Crippen LogP contribution in [0.3, 0.4) is 0 Å². The van der Waals surface area contributed by atoms with Gasteiger partial charge in [-0.05, 0) is 61.5 Å². The van der Waals surface area contributed by atoms with Crippen LogP contribution >= 0.6 is 23.1 Å². The molecule has 0 aliphatic heterocycles. The molecule has 1 aromatic carbocycles. The topological polar surface area (TPSA) is 101 Å². The lowest BCUT2D eigenvalue weighted by Gasteiger charge is -2.28. The van der Waals surface area contributed by atoms with Crippen molar-refractivity contribution in [1.82, 2.24) is 14.7 Å². The first-order chi connectivity index (χ1) is 14.8. The zero-order valence-corrected chi connectivity index (χ0v) is 19.4. The van der Waals surface area contributed by atoms with Gasteiger partial charge in [0.25, 0.3) is 15.9 Å². The number of carbonyl (C=O) groups is 1. The molecule has 1 aliphatic rings. The monoisotopic (exact) mass is 478 g/mol. The third kappa shape index (κ3) is 4.83. The number of hydrogen-bond acceptors (Lipinski definition) is 6. The molecule has 1 fully saturated rings. The maximum absolute atomic E-state index is 13.1. The summed E-state index contributed by atoms with van der Waals surface area (Å²) in [7, 11) is -4.06. The zero-order chi connectivity index (χ0) is 22.0. The van der Waals surface area contributed by atoms with Crippen LogP contribution in [0.25, 0.3) is 10.1 Å². The van der Waals surface area contributed by atoms with Gasteiger partial charge in [0.1, 0.15) is 0 Å². The van der Waals surface area contributed by atoms with Gasteiger partial charge < -0.3 is 5.32 Å². The van der Waals surface area contributed by atoms with Crippen molar-refractivity contribution in [1.29, 1.82) is 0 Å². The summed E-state index contributed by atoms with van der Waals surface area (Å²) in [4.78, 5) is 17.0. The Bertz CT molecular complexity index is 1210. The van der Waals surface area contributed by atoms with Crippen LogP contribution in [0.15, 0.2) is 41.7 Å². The largest absolute Gasteiger partial charge is 0.349 e. The second-order valence-electron chi connectivity index (χ2n) is 7.81. The molecule has 4 rings (SSSR count). The Morgan fingerprint density at radius 2 is 2.00 bits per heavy atom. The number of anilines is 1. The van der Waals surface area contributed by atoms with Crippen LogP contribution in [0, 0.1) is 5.92 Å². The van der Waals surface area contributed by atoms with Gasteiger partial charge >= 0.3 is 0 Å². The molecule has 1 atom stereocenters. The number of nitrogens with zero attached hydrogens (tertiary/aromatic N) is 2. The van der Waals surface area contributed by atoms with Gasteiger partial charge in [0.05, 0.1) is 27.5 Å².